The first-order valence-corrected chi connectivity index (χ1v) is 8.58. The number of guanidine groups is 1. The fourth-order valence-electron chi connectivity index (χ4n) is 2.79. The van der Waals surface area contributed by atoms with Crippen molar-refractivity contribution in [3.63, 3.8) is 0 Å². The average molecular weight is 348 g/mol. The number of carbonyl (C=O) groups excluding carboxylic acids is 1. The Balaban J connectivity index is 2.08. The van der Waals surface area contributed by atoms with E-state index >= 15 is 0 Å². The van der Waals surface area contributed by atoms with Gasteiger partial charge in [0.1, 0.15) is 0 Å². The highest BCUT2D eigenvalue weighted by atomic mass is 16.5. The number of nitrogens with one attached hydrogen (secondary N) is 1. The third-order valence-electron chi connectivity index (χ3n) is 4.08. The second-order valence-electron chi connectivity index (χ2n) is 6.13. The van der Waals surface area contributed by atoms with Crippen molar-refractivity contribution in [2.24, 2.45) is 10.7 Å². The van der Waals surface area contributed by atoms with Gasteiger partial charge in [-0.2, -0.15) is 0 Å². The summed E-state index contributed by atoms with van der Waals surface area (Å²) in [5.41, 5.74) is 6.89. The van der Waals surface area contributed by atoms with Gasteiger partial charge in [-0.25, -0.2) is 0 Å². The van der Waals surface area contributed by atoms with Crippen molar-refractivity contribution in [1.29, 1.82) is 0 Å². The zero-order chi connectivity index (χ0) is 18.1. The first-order valence-electron chi connectivity index (χ1n) is 8.58. The van der Waals surface area contributed by atoms with Crippen LogP contribution >= 0.6 is 0 Å². The summed E-state index contributed by atoms with van der Waals surface area (Å²) >= 11 is 0. The standard InChI is InChI=1S/C18H28N4O3/c1-14(13-24-2)21-18(19)20-12-16(15-6-4-3-5-7-15)17(23)22-8-10-25-11-9-22/h3-7,14,16H,8-13H2,1-2H3,(H3,19,20,21)/t14-,16-/m1/s1. The second-order valence-corrected chi connectivity index (χ2v) is 6.13. The number of morpholine rings is 1. The molecule has 1 heterocycles. The number of nitrogens with two attached hydrogens (primary N) is 1. The molecule has 1 aromatic rings. The van der Waals surface area contributed by atoms with E-state index in [0.717, 1.165) is 5.56 Å². The molecule has 7 nitrogen and oxygen atoms in total. The van der Waals surface area contributed by atoms with Crippen LogP contribution < -0.4 is 11.1 Å². The number of aliphatic imine (C=N–C) groups is 1. The molecule has 7 heteroatoms. The second kappa shape index (κ2) is 10.0. The van der Waals surface area contributed by atoms with Crippen LogP contribution in [-0.4, -0.2) is 69.4 Å². The van der Waals surface area contributed by atoms with Gasteiger partial charge in [-0.1, -0.05) is 30.3 Å². The quantitative estimate of drug-likeness (QED) is 0.555. The molecule has 1 amide bonds. The summed E-state index contributed by atoms with van der Waals surface area (Å²) in [5, 5.41) is 3.06. The number of methoxy groups -OCH3 is 1. The van der Waals surface area contributed by atoms with E-state index < -0.39 is 0 Å². The number of ether oxygens (including phenoxy) is 2. The summed E-state index contributed by atoms with van der Waals surface area (Å²) in [5.74, 6) is 0.0358. The number of hydrogen-bond donors (Lipinski definition) is 2. The minimum absolute atomic E-state index is 0.0545. The number of amides is 1. The van der Waals surface area contributed by atoms with Crippen molar-refractivity contribution >= 4 is 11.9 Å². The Morgan fingerprint density at radius 2 is 2.04 bits per heavy atom. The maximum Gasteiger partial charge on any atom is 0.232 e. The predicted octanol–water partition coefficient (Wildman–Crippen LogP) is 0.568. The zero-order valence-electron chi connectivity index (χ0n) is 15.0. The van der Waals surface area contributed by atoms with Crippen molar-refractivity contribution < 1.29 is 14.3 Å². The van der Waals surface area contributed by atoms with Gasteiger partial charge in [0.2, 0.25) is 5.91 Å². The van der Waals surface area contributed by atoms with Gasteiger partial charge < -0.3 is 25.4 Å². The van der Waals surface area contributed by atoms with Gasteiger partial charge in [0, 0.05) is 26.2 Å². The van der Waals surface area contributed by atoms with E-state index in [0.29, 0.717) is 45.4 Å². The molecule has 1 aromatic carbocycles. The Labute approximate surface area is 149 Å². The fourth-order valence-corrected chi connectivity index (χ4v) is 2.79. The summed E-state index contributed by atoms with van der Waals surface area (Å²) in [6.45, 7) is 5.18. The van der Waals surface area contributed by atoms with Gasteiger partial charge in [-0.15, -0.1) is 0 Å². The highest BCUT2D eigenvalue weighted by molar-refractivity contribution is 5.85. The molecular weight excluding hydrogens is 320 g/mol. The lowest BCUT2D eigenvalue weighted by atomic mass is 9.97. The van der Waals surface area contributed by atoms with E-state index in [1.54, 1.807) is 7.11 Å². The molecule has 0 bridgehead atoms. The molecule has 3 N–H and O–H groups in total. The molecule has 138 valence electrons. The van der Waals surface area contributed by atoms with Crippen molar-refractivity contribution in [3.05, 3.63) is 35.9 Å². The molecule has 1 saturated heterocycles. The van der Waals surface area contributed by atoms with Crippen LogP contribution in [0.3, 0.4) is 0 Å². The SMILES string of the molecule is COC[C@@H](C)NC(N)=NC[C@@H](C(=O)N1CCOCC1)c1ccccc1. The Bertz CT molecular complexity index is 559. The van der Waals surface area contributed by atoms with E-state index in [1.807, 2.05) is 42.2 Å². The molecule has 0 saturated carbocycles. The van der Waals surface area contributed by atoms with Crippen molar-refractivity contribution in [2.75, 3.05) is 46.6 Å². The van der Waals surface area contributed by atoms with E-state index in [2.05, 4.69) is 10.3 Å². The van der Waals surface area contributed by atoms with Gasteiger partial charge in [0.25, 0.3) is 0 Å². The zero-order valence-corrected chi connectivity index (χ0v) is 15.0. The molecule has 1 aliphatic heterocycles. The summed E-state index contributed by atoms with van der Waals surface area (Å²) < 4.78 is 10.4. The van der Waals surface area contributed by atoms with Crippen LogP contribution in [0, 0.1) is 0 Å². The molecule has 0 unspecified atom stereocenters. The normalized spacial score (nSPS) is 17.8. The first kappa shape index (κ1) is 19.2. The highest BCUT2D eigenvalue weighted by Crippen LogP contribution is 2.20. The fraction of sp³-hybridized carbons (Fsp3) is 0.556. The summed E-state index contributed by atoms with van der Waals surface area (Å²) in [6, 6.07) is 9.76. The van der Waals surface area contributed by atoms with Gasteiger partial charge >= 0.3 is 0 Å². The van der Waals surface area contributed by atoms with E-state index in [9.17, 15) is 4.79 Å². The molecule has 2 rings (SSSR count). The average Bonchev–Trinajstić information content (AvgIpc) is 2.63. The maximum absolute atomic E-state index is 13.0. The van der Waals surface area contributed by atoms with Crippen LogP contribution in [0.5, 0.6) is 0 Å². The number of carbonyl (C=O) groups is 1. The van der Waals surface area contributed by atoms with Gasteiger partial charge in [0.05, 0.1) is 32.3 Å². The lowest BCUT2D eigenvalue weighted by Crippen LogP contribution is -2.44. The summed E-state index contributed by atoms with van der Waals surface area (Å²) in [6.07, 6.45) is 0. The maximum atomic E-state index is 13.0. The van der Waals surface area contributed by atoms with Gasteiger partial charge in [0.15, 0.2) is 5.96 Å². The number of rotatable bonds is 7. The van der Waals surface area contributed by atoms with Crippen molar-refractivity contribution in [1.82, 2.24) is 10.2 Å². The van der Waals surface area contributed by atoms with Gasteiger partial charge in [-0.05, 0) is 12.5 Å². The van der Waals surface area contributed by atoms with E-state index in [1.165, 1.54) is 0 Å². The largest absolute Gasteiger partial charge is 0.383 e. The molecule has 0 aliphatic carbocycles. The molecule has 1 aliphatic rings. The summed E-state index contributed by atoms with van der Waals surface area (Å²) in [7, 11) is 1.64. The van der Waals surface area contributed by atoms with Crippen LogP contribution in [0.2, 0.25) is 0 Å². The summed E-state index contributed by atoms with van der Waals surface area (Å²) in [4.78, 5) is 19.2. The monoisotopic (exact) mass is 348 g/mol. The Kier molecular flexibility index (Phi) is 7.69. The molecule has 25 heavy (non-hydrogen) atoms. The van der Waals surface area contributed by atoms with Crippen LogP contribution in [0.4, 0.5) is 0 Å². The van der Waals surface area contributed by atoms with E-state index in [-0.39, 0.29) is 17.9 Å². The van der Waals surface area contributed by atoms with E-state index in [4.69, 9.17) is 15.2 Å². The Hall–Kier alpha value is -2.12. The molecule has 0 spiro atoms. The van der Waals surface area contributed by atoms with Crippen molar-refractivity contribution in [2.45, 2.75) is 18.9 Å². The molecule has 1 fully saturated rings. The minimum Gasteiger partial charge on any atom is -0.383 e. The molecule has 0 radical (unpaired) electrons. The molecular formula is C18H28N4O3. The van der Waals surface area contributed by atoms with Gasteiger partial charge in [-0.3, -0.25) is 9.79 Å². The van der Waals surface area contributed by atoms with Crippen molar-refractivity contribution in [3.8, 4) is 0 Å². The Morgan fingerprint density at radius 3 is 2.68 bits per heavy atom. The number of hydrogen-bond acceptors (Lipinski definition) is 4. The lowest BCUT2D eigenvalue weighted by Gasteiger charge is -2.30. The molecule has 2 atom stereocenters. The van der Waals surface area contributed by atoms with Crippen LogP contribution in [-0.2, 0) is 14.3 Å². The smallest absolute Gasteiger partial charge is 0.232 e. The van der Waals surface area contributed by atoms with Crippen LogP contribution in [0.25, 0.3) is 0 Å². The first-order chi connectivity index (χ1) is 12.1. The highest BCUT2D eigenvalue weighted by Gasteiger charge is 2.27. The Morgan fingerprint density at radius 1 is 1.36 bits per heavy atom. The minimum atomic E-state index is -0.350. The third kappa shape index (κ3) is 6.03. The lowest BCUT2D eigenvalue weighted by molar-refractivity contribution is -0.136. The topological polar surface area (TPSA) is 89.2 Å². The van der Waals surface area contributed by atoms with Crippen LogP contribution in [0.1, 0.15) is 18.4 Å². The molecule has 0 aromatic heterocycles. The third-order valence-corrected chi connectivity index (χ3v) is 4.08. The predicted molar refractivity (Wildman–Crippen MR) is 97.5 cm³/mol. The van der Waals surface area contributed by atoms with Crippen LogP contribution in [0.15, 0.2) is 35.3 Å². The number of nitrogens with zero attached hydrogens (tertiary/aromatic N) is 2. The number of benzene rings is 1.